The summed E-state index contributed by atoms with van der Waals surface area (Å²) >= 11 is 0. The van der Waals surface area contributed by atoms with Crippen LogP contribution in [0.2, 0.25) is 0 Å². The third-order valence-corrected chi connectivity index (χ3v) is 7.18. The number of ether oxygens (including phenoxy) is 1. The first-order chi connectivity index (χ1) is 18.5. The number of pyridine rings is 1. The van der Waals surface area contributed by atoms with Gasteiger partial charge in [0.1, 0.15) is 28.7 Å². The summed E-state index contributed by atoms with van der Waals surface area (Å²) in [5.74, 6) is -1.11. The predicted octanol–water partition coefficient (Wildman–Crippen LogP) is 5.47. The second kappa shape index (κ2) is 10.4. The van der Waals surface area contributed by atoms with Gasteiger partial charge in [0.2, 0.25) is 0 Å². The number of alkyl halides is 2. The van der Waals surface area contributed by atoms with Crippen molar-refractivity contribution >= 4 is 16.9 Å². The fraction of sp³-hybridized carbons (Fsp3) is 0.407. The van der Waals surface area contributed by atoms with Gasteiger partial charge < -0.3 is 14.7 Å². The second-order valence-electron chi connectivity index (χ2n) is 10.1. The van der Waals surface area contributed by atoms with E-state index in [4.69, 9.17) is 14.7 Å². The topological polar surface area (TPSA) is 89.2 Å². The van der Waals surface area contributed by atoms with Crippen LogP contribution in [-0.4, -0.2) is 49.0 Å². The van der Waals surface area contributed by atoms with Gasteiger partial charge in [0.15, 0.2) is 17.4 Å². The normalized spacial score (nSPS) is 16.3. The zero-order valence-corrected chi connectivity index (χ0v) is 21.7. The van der Waals surface area contributed by atoms with Crippen LogP contribution < -0.4 is 9.64 Å². The molecule has 39 heavy (non-hydrogen) atoms. The first-order valence-corrected chi connectivity index (χ1v) is 12.6. The molecule has 1 aromatic carbocycles. The van der Waals surface area contributed by atoms with Crippen LogP contribution in [0.1, 0.15) is 45.9 Å². The third kappa shape index (κ3) is 5.38. The van der Waals surface area contributed by atoms with Crippen molar-refractivity contribution in [1.29, 1.82) is 0 Å². The molecule has 1 aliphatic heterocycles. The predicted molar refractivity (Wildman–Crippen MR) is 136 cm³/mol. The maximum absolute atomic E-state index is 14.1. The molecule has 1 unspecified atom stereocenters. The highest BCUT2D eigenvalue weighted by Crippen LogP contribution is 2.34. The summed E-state index contributed by atoms with van der Waals surface area (Å²) in [6.07, 6.45) is 4.74. The number of benzene rings is 1. The van der Waals surface area contributed by atoms with Crippen LogP contribution in [0.3, 0.4) is 0 Å². The van der Waals surface area contributed by atoms with Crippen LogP contribution in [-0.2, 0) is 5.60 Å². The Kier molecular flexibility index (Phi) is 7.15. The molecule has 206 valence electrons. The molecule has 12 heteroatoms. The summed E-state index contributed by atoms with van der Waals surface area (Å²) in [6.45, 7) is 3.57. The molecule has 4 aromatic rings. The lowest BCUT2D eigenvalue weighted by atomic mass is 9.88. The molecule has 0 bridgehead atoms. The highest BCUT2D eigenvalue weighted by Gasteiger charge is 2.30. The van der Waals surface area contributed by atoms with Gasteiger partial charge in [-0.15, -0.1) is 0 Å². The van der Waals surface area contributed by atoms with Gasteiger partial charge in [-0.25, -0.2) is 23.4 Å². The first-order valence-electron chi connectivity index (χ1n) is 12.6. The number of fused-ring (bicyclic) bond motifs is 1. The Morgan fingerprint density at radius 1 is 1.05 bits per heavy atom. The summed E-state index contributed by atoms with van der Waals surface area (Å²) < 4.78 is 60.2. The maximum Gasteiger partial charge on any atom is 0.333 e. The first kappa shape index (κ1) is 26.8. The monoisotopic (exact) mass is 544 g/mol. The van der Waals surface area contributed by atoms with Gasteiger partial charge in [0.05, 0.1) is 23.6 Å². The molecule has 0 radical (unpaired) electrons. The zero-order valence-electron chi connectivity index (χ0n) is 21.7. The van der Waals surface area contributed by atoms with Crippen LogP contribution >= 0.6 is 0 Å². The van der Waals surface area contributed by atoms with Crippen molar-refractivity contribution in [1.82, 2.24) is 24.7 Å². The highest BCUT2D eigenvalue weighted by molar-refractivity contribution is 5.83. The summed E-state index contributed by atoms with van der Waals surface area (Å²) in [7, 11) is 0. The highest BCUT2D eigenvalue weighted by atomic mass is 19.3. The summed E-state index contributed by atoms with van der Waals surface area (Å²) in [5, 5.41) is 14.7. The van der Waals surface area contributed by atoms with Crippen molar-refractivity contribution in [3.8, 4) is 17.0 Å². The van der Waals surface area contributed by atoms with E-state index < -0.39 is 23.8 Å². The number of hydrogen-bond acceptors (Lipinski definition) is 7. The lowest BCUT2D eigenvalue weighted by molar-refractivity contribution is 0.00501. The van der Waals surface area contributed by atoms with Crippen molar-refractivity contribution < 1.29 is 27.4 Å². The molecule has 1 fully saturated rings. The molecular formula is C27H28F4N6O2. The number of anilines is 1. The van der Waals surface area contributed by atoms with Gasteiger partial charge in [-0.05, 0) is 31.0 Å². The Bertz CT molecular complexity index is 1480. The number of rotatable bonds is 7. The number of nitrogens with zero attached hydrogens (tertiary/aromatic N) is 6. The Labute approximate surface area is 222 Å². The smallest absolute Gasteiger partial charge is 0.333 e. The van der Waals surface area contributed by atoms with Crippen molar-refractivity contribution in [2.24, 2.45) is 5.92 Å². The quantitative estimate of drug-likeness (QED) is 0.309. The van der Waals surface area contributed by atoms with E-state index in [-0.39, 0.29) is 17.8 Å². The molecule has 0 spiro atoms. The van der Waals surface area contributed by atoms with E-state index in [1.165, 1.54) is 24.7 Å². The van der Waals surface area contributed by atoms with E-state index in [2.05, 4.69) is 10.1 Å². The molecule has 1 aliphatic rings. The molecule has 5 rings (SSSR count). The van der Waals surface area contributed by atoms with Crippen molar-refractivity contribution in [2.75, 3.05) is 18.0 Å². The molecule has 8 nitrogen and oxygen atoms in total. The van der Waals surface area contributed by atoms with E-state index >= 15 is 0 Å². The minimum absolute atomic E-state index is 0.0160. The van der Waals surface area contributed by atoms with E-state index in [0.717, 1.165) is 12.1 Å². The Morgan fingerprint density at radius 3 is 2.44 bits per heavy atom. The number of aromatic nitrogens is 5. The number of aliphatic hydroxyl groups is 1. The molecule has 1 saturated heterocycles. The number of hydrogen-bond donors (Lipinski definition) is 1. The van der Waals surface area contributed by atoms with Crippen LogP contribution in [0.5, 0.6) is 5.75 Å². The van der Waals surface area contributed by atoms with Gasteiger partial charge >= 0.3 is 6.55 Å². The standard InChI is InChI=1S/C27H28F4N6O2/c1-15(2)27(3,38)23-11-20-21(13-32-23)34-24(16-12-33-37(14-16)26(30)31)25(35-20)36-8-6-18(7-9-36)39-22-5-4-17(28)10-19(22)29/h4-5,10-15,18,26,38H,6-9H2,1-3H3. The molecular weight excluding hydrogens is 516 g/mol. The second-order valence-corrected chi connectivity index (χ2v) is 10.1. The van der Waals surface area contributed by atoms with Crippen molar-refractivity contribution in [3.05, 3.63) is 60.2 Å². The molecule has 0 aliphatic carbocycles. The average Bonchev–Trinajstić information content (AvgIpc) is 3.40. The van der Waals surface area contributed by atoms with E-state index in [9.17, 15) is 22.7 Å². The molecule has 0 saturated carbocycles. The summed E-state index contributed by atoms with van der Waals surface area (Å²) in [5.41, 5.74) is 0.906. The van der Waals surface area contributed by atoms with E-state index in [1.54, 1.807) is 13.0 Å². The number of piperidine rings is 1. The molecule has 1 N–H and O–H groups in total. The Hall–Kier alpha value is -3.80. The fourth-order valence-electron chi connectivity index (χ4n) is 4.44. The van der Waals surface area contributed by atoms with Gasteiger partial charge in [-0.1, -0.05) is 13.8 Å². The van der Waals surface area contributed by atoms with Gasteiger partial charge in [0.25, 0.3) is 0 Å². The lowest BCUT2D eigenvalue weighted by Gasteiger charge is -2.34. The lowest BCUT2D eigenvalue weighted by Crippen LogP contribution is -2.39. The average molecular weight is 545 g/mol. The Morgan fingerprint density at radius 2 is 1.79 bits per heavy atom. The fourth-order valence-corrected chi connectivity index (χ4v) is 4.44. The minimum Gasteiger partial charge on any atom is -0.487 e. The zero-order chi connectivity index (χ0) is 27.9. The van der Waals surface area contributed by atoms with Crippen LogP contribution in [0.25, 0.3) is 22.3 Å². The van der Waals surface area contributed by atoms with E-state index in [1.807, 2.05) is 18.7 Å². The van der Waals surface area contributed by atoms with Gasteiger partial charge in [-0.3, -0.25) is 4.98 Å². The van der Waals surface area contributed by atoms with Crippen molar-refractivity contribution in [2.45, 2.75) is 51.9 Å². The maximum atomic E-state index is 14.1. The van der Waals surface area contributed by atoms with Crippen LogP contribution in [0, 0.1) is 17.6 Å². The van der Waals surface area contributed by atoms with Crippen molar-refractivity contribution in [3.63, 3.8) is 0 Å². The number of halogens is 4. The molecule has 1 atom stereocenters. The van der Waals surface area contributed by atoms with Crippen LogP contribution in [0.4, 0.5) is 23.4 Å². The summed E-state index contributed by atoms with van der Waals surface area (Å²) in [6, 6.07) is 4.87. The largest absolute Gasteiger partial charge is 0.487 e. The third-order valence-electron chi connectivity index (χ3n) is 7.18. The minimum atomic E-state index is -2.81. The van der Waals surface area contributed by atoms with Gasteiger partial charge in [-0.2, -0.15) is 13.9 Å². The van der Waals surface area contributed by atoms with Gasteiger partial charge in [0, 0.05) is 43.8 Å². The molecule has 0 amide bonds. The Balaban J connectivity index is 1.48. The summed E-state index contributed by atoms with van der Waals surface area (Å²) in [4.78, 5) is 15.9. The van der Waals surface area contributed by atoms with E-state index in [0.29, 0.717) is 64.4 Å². The SMILES string of the molecule is CC(C)C(C)(O)c1cc2nc(N3CCC(Oc4ccc(F)cc4F)CC3)c(-c3cnn(C(F)F)c3)nc2cn1. The molecule has 3 aromatic heterocycles. The van der Waals surface area contributed by atoms with Crippen LogP contribution in [0.15, 0.2) is 42.9 Å². The molecule has 4 heterocycles.